The number of fused-ring (bicyclic) bond motifs is 1. The molecule has 0 amide bonds. The lowest BCUT2D eigenvalue weighted by Crippen LogP contribution is -2.01. The van der Waals surface area contributed by atoms with Crippen LogP contribution < -0.4 is 0 Å². The summed E-state index contributed by atoms with van der Waals surface area (Å²) in [5.74, 6) is 0.457. The average molecular weight is 157 g/mol. The minimum Gasteiger partial charge on any atom is -0.257 e. The van der Waals surface area contributed by atoms with Crippen LogP contribution in [0.1, 0.15) is 23.6 Å². The van der Waals surface area contributed by atoms with Crippen molar-refractivity contribution in [2.45, 2.75) is 12.3 Å². The van der Waals surface area contributed by atoms with Gasteiger partial charge in [0.05, 0.1) is 5.69 Å². The Hall–Kier alpha value is -1.37. The standard InChI is InChI=1S/C11H11N/c1-2-9-5-3-7-11-10(9)6-4-8-12-11/h2-4,6-9H,1,5H2/t9-/m0/s1. The van der Waals surface area contributed by atoms with Crippen LogP contribution in [0, 0.1) is 0 Å². The number of aromatic nitrogens is 1. The Bertz CT molecular complexity index is 326. The van der Waals surface area contributed by atoms with Crippen molar-refractivity contribution in [3.63, 3.8) is 0 Å². The number of allylic oxidation sites excluding steroid dienone is 2. The Kier molecular flexibility index (Phi) is 1.78. The molecule has 0 aliphatic heterocycles. The van der Waals surface area contributed by atoms with E-state index in [4.69, 9.17) is 0 Å². The molecule has 1 heteroatoms. The van der Waals surface area contributed by atoms with Gasteiger partial charge in [-0.25, -0.2) is 0 Å². The van der Waals surface area contributed by atoms with Crippen molar-refractivity contribution in [1.82, 2.24) is 4.98 Å². The molecule has 0 saturated heterocycles. The number of hydrogen-bond donors (Lipinski definition) is 0. The second-order valence-corrected chi connectivity index (χ2v) is 2.96. The van der Waals surface area contributed by atoms with Gasteiger partial charge in [-0.2, -0.15) is 0 Å². The smallest absolute Gasteiger partial charge is 0.0664 e. The van der Waals surface area contributed by atoms with Crippen LogP contribution in [0.5, 0.6) is 0 Å². The molecule has 1 aromatic heterocycles. The summed E-state index contributed by atoms with van der Waals surface area (Å²) in [6, 6.07) is 4.10. The minimum atomic E-state index is 0.457. The lowest BCUT2D eigenvalue weighted by atomic mass is 9.90. The zero-order valence-electron chi connectivity index (χ0n) is 6.90. The van der Waals surface area contributed by atoms with Crippen molar-refractivity contribution in [2.24, 2.45) is 0 Å². The van der Waals surface area contributed by atoms with Crippen molar-refractivity contribution >= 4 is 6.08 Å². The highest BCUT2D eigenvalue weighted by Gasteiger charge is 2.13. The Morgan fingerprint density at radius 1 is 1.58 bits per heavy atom. The van der Waals surface area contributed by atoms with Crippen LogP contribution in [0.25, 0.3) is 6.08 Å². The first kappa shape index (κ1) is 7.29. The summed E-state index contributed by atoms with van der Waals surface area (Å²) < 4.78 is 0. The van der Waals surface area contributed by atoms with E-state index in [2.05, 4.69) is 29.8 Å². The molecule has 1 atom stereocenters. The quantitative estimate of drug-likeness (QED) is 0.571. The van der Waals surface area contributed by atoms with E-state index in [1.807, 2.05) is 18.3 Å². The summed E-state index contributed by atoms with van der Waals surface area (Å²) in [7, 11) is 0. The molecule has 2 rings (SSSR count). The SMILES string of the molecule is C=C[C@H]1CC=Cc2ncccc21. The van der Waals surface area contributed by atoms with E-state index >= 15 is 0 Å². The van der Waals surface area contributed by atoms with E-state index in [-0.39, 0.29) is 0 Å². The van der Waals surface area contributed by atoms with Gasteiger partial charge < -0.3 is 0 Å². The highest BCUT2D eigenvalue weighted by molar-refractivity contribution is 5.54. The second-order valence-electron chi connectivity index (χ2n) is 2.96. The van der Waals surface area contributed by atoms with E-state index in [0.717, 1.165) is 12.1 Å². The van der Waals surface area contributed by atoms with E-state index in [9.17, 15) is 0 Å². The Morgan fingerprint density at radius 3 is 3.33 bits per heavy atom. The van der Waals surface area contributed by atoms with Crippen molar-refractivity contribution in [3.05, 3.63) is 48.3 Å². The van der Waals surface area contributed by atoms with Gasteiger partial charge in [0.25, 0.3) is 0 Å². The number of rotatable bonds is 1. The Morgan fingerprint density at radius 2 is 2.50 bits per heavy atom. The molecule has 0 fully saturated rings. The van der Waals surface area contributed by atoms with Gasteiger partial charge in [-0.1, -0.05) is 18.2 Å². The Labute approximate surface area is 72.5 Å². The molecule has 0 unspecified atom stereocenters. The van der Waals surface area contributed by atoms with Crippen LogP contribution in [-0.2, 0) is 0 Å². The molecule has 0 spiro atoms. The maximum absolute atomic E-state index is 4.28. The highest BCUT2D eigenvalue weighted by Crippen LogP contribution is 2.28. The molecule has 0 N–H and O–H groups in total. The lowest BCUT2D eigenvalue weighted by Gasteiger charge is -2.16. The van der Waals surface area contributed by atoms with Crippen LogP contribution >= 0.6 is 0 Å². The maximum atomic E-state index is 4.28. The van der Waals surface area contributed by atoms with Crippen LogP contribution in [-0.4, -0.2) is 4.98 Å². The van der Waals surface area contributed by atoms with Gasteiger partial charge in [-0.05, 0) is 24.1 Å². The monoisotopic (exact) mass is 157 g/mol. The fourth-order valence-corrected chi connectivity index (χ4v) is 1.56. The molecule has 1 nitrogen and oxygen atoms in total. The summed E-state index contributed by atoms with van der Waals surface area (Å²) in [4.78, 5) is 4.28. The van der Waals surface area contributed by atoms with E-state index in [1.54, 1.807) is 0 Å². The topological polar surface area (TPSA) is 12.9 Å². The molecule has 0 radical (unpaired) electrons. The van der Waals surface area contributed by atoms with Crippen LogP contribution in [0.3, 0.4) is 0 Å². The molecule has 0 bridgehead atoms. The van der Waals surface area contributed by atoms with E-state index in [0.29, 0.717) is 5.92 Å². The summed E-state index contributed by atoms with van der Waals surface area (Å²) >= 11 is 0. The zero-order chi connectivity index (χ0) is 8.39. The van der Waals surface area contributed by atoms with Gasteiger partial charge in [0.2, 0.25) is 0 Å². The summed E-state index contributed by atoms with van der Waals surface area (Å²) in [6.07, 6.45) is 9.11. The average Bonchev–Trinajstić information content (AvgIpc) is 2.17. The van der Waals surface area contributed by atoms with Crippen molar-refractivity contribution in [2.75, 3.05) is 0 Å². The molecule has 60 valence electrons. The first-order chi connectivity index (χ1) is 5.92. The lowest BCUT2D eigenvalue weighted by molar-refractivity contribution is 0.843. The third kappa shape index (κ3) is 1.07. The van der Waals surface area contributed by atoms with Gasteiger partial charge >= 0.3 is 0 Å². The highest BCUT2D eigenvalue weighted by atomic mass is 14.7. The van der Waals surface area contributed by atoms with Crippen molar-refractivity contribution in [3.8, 4) is 0 Å². The van der Waals surface area contributed by atoms with Gasteiger partial charge in [0.15, 0.2) is 0 Å². The molecular weight excluding hydrogens is 146 g/mol. The molecule has 0 saturated carbocycles. The first-order valence-corrected chi connectivity index (χ1v) is 4.16. The predicted octanol–water partition coefficient (Wildman–Crippen LogP) is 2.77. The summed E-state index contributed by atoms with van der Waals surface area (Å²) in [6.45, 7) is 3.82. The fraction of sp³-hybridized carbons (Fsp3) is 0.182. The second kappa shape index (κ2) is 2.94. The maximum Gasteiger partial charge on any atom is 0.0664 e. The molecule has 1 heterocycles. The van der Waals surface area contributed by atoms with Crippen molar-refractivity contribution < 1.29 is 0 Å². The van der Waals surface area contributed by atoms with Gasteiger partial charge in [-0.15, -0.1) is 6.58 Å². The molecule has 1 aliphatic rings. The first-order valence-electron chi connectivity index (χ1n) is 4.16. The van der Waals surface area contributed by atoms with E-state index < -0.39 is 0 Å². The zero-order valence-corrected chi connectivity index (χ0v) is 6.90. The van der Waals surface area contributed by atoms with Crippen LogP contribution in [0.2, 0.25) is 0 Å². The molecule has 0 aromatic carbocycles. The third-order valence-electron chi connectivity index (χ3n) is 2.22. The predicted molar refractivity (Wildman–Crippen MR) is 50.8 cm³/mol. The Balaban J connectivity index is 2.52. The van der Waals surface area contributed by atoms with Gasteiger partial charge in [-0.3, -0.25) is 4.98 Å². The minimum absolute atomic E-state index is 0.457. The normalized spacial score (nSPS) is 20.2. The summed E-state index contributed by atoms with van der Waals surface area (Å²) in [5, 5.41) is 0. The summed E-state index contributed by atoms with van der Waals surface area (Å²) in [5.41, 5.74) is 2.39. The molecule has 1 aliphatic carbocycles. The third-order valence-corrected chi connectivity index (χ3v) is 2.22. The van der Waals surface area contributed by atoms with Crippen LogP contribution in [0.4, 0.5) is 0 Å². The number of hydrogen-bond acceptors (Lipinski definition) is 1. The number of pyridine rings is 1. The van der Waals surface area contributed by atoms with Gasteiger partial charge in [0, 0.05) is 12.1 Å². The van der Waals surface area contributed by atoms with Crippen molar-refractivity contribution in [1.29, 1.82) is 0 Å². The van der Waals surface area contributed by atoms with Gasteiger partial charge in [0.1, 0.15) is 0 Å². The molecular formula is C11H11N. The van der Waals surface area contributed by atoms with Crippen LogP contribution in [0.15, 0.2) is 37.1 Å². The largest absolute Gasteiger partial charge is 0.257 e. The molecule has 1 aromatic rings. The number of nitrogens with zero attached hydrogens (tertiary/aromatic N) is 1. The van der Waals surface area contributed by atoms with E-state index in [1.165, 1.54) is 5.56 Å². The molecule has 12 heavy (non-hydrogen) atoms. The fourth-order valence-electron chi connectivity index (χ4n) is 1.56.